The van der Waals surface area contributed by atoms with Crippen molar-refractivity contribution in [3.05, 3.63) is 24.3 Å². The Labute approximate surface area is 94.9 Å². The highest BCUT2D eigenvalue weighted by Crippen LogP contribution is 2.30. The molecule has 16 heavy (non-hydrogen) atoms. The summed E-state index contributed by atoms with van der Waals surface area (Å²) in [5, 5.41) is 3.34. The summed E-state index contributed by atoms with van der Waals surface area (Å²) in [6.45, 7) is 4.69. The summed E-state index contributed by atoms with van der Waals surface area (Å²) in [5.74, 6) is 1.95. The predicted octanol–water partition coefficient (Wildman–Crippen LogP) is 1.01. The van der Waals surface area contributed by atoms with E-state index in [1.165, 1.54) is 0 Å². The third kappa shape index (κ3) is 1.76. The second-order valence-corrected chi connectivity index (χ2v) is 4.02. The minimum Gasteiger partial charge on any atom is -0.483 e. The average molecular weight is 217 g/mol. The van der Waals surface area contributed by atoms with E-state index in [1.807, 2.05) is 24.3 Å². The van der Waals surface area contributed by atoms with Crippen molar-refractivity contribution in [3.63, 3.8) is 0 Å². The van der Waals surface area contributed by atoms with E-state index in [1.54, 1.807) is 0 Å². The highest BCUT2D eigenvalue weighted by atomic mass is 16.5. The Balaban J connectivity index is 1.85. The summed E-state index contributed by atoms with van der Waals surface area (Å²) in [7, 11) is 0. The van der Waals surface area contributed by atoms with Crippen LogP contribution < -0.4 is 10.1 Å². The number of ether oxygens (including phenoxy) is 1. The Morgan fingerprint density at radius 1 is 1.19 bits per heavy atom. The van der Waals surface area contributed by atoms with Crippen LogP contribution >= 0.6 is 0 Å². The third-order valence-corrected chi connectivity index (χ3v) is 2.95. The lowest BCUT2D eigenvalue weighted by molar-refractivity contribution is 0.306. The van der Waals surface area contributed by atoms with Gasteiger partial charge in [-0.1, -0.05) is 12.1 Å². The van der Waals surface area contributed by atoms with Crippen molar-refractivity contribution in [2.75, 3.05) is 32.8 Å². The molecule has 2 aliphatic heterocycles. The number of amidine groups is 1. The first-order chi connectivity index (χ1) is 7.93. The van der Waals surface area contributed by atoms with Gasteiger partial charge in [-0.2, -0.15) is 0 Å². The molecular weight excluding hydrogens is 202 g/mol. The van der Waals surface area contributed by atoms with Gasteiger partial charge in [-0.25, -0.2) is 4.99 Å². The van der Waals surface area contributed by atoms with E-state index in [0.717, 1.165) is 43.5 Å². The zero-order chi connectivity index (χ0) is 10.8. The molecule has 1 aromatic carbocycles. The van der Waals surface area contributed by atoms with Crippen molar-refractivity contribution in [2.45, 2.75) is 0 Å². The Hall–Kier alpha value is -1.55. The van der Waals surface area contributed by atoms with Crippen molar-refractivity contribution < 1.29 is 4.74 Å². The lowest BCUT2D eigenvalue weighted by atomic mass is 10.2. The third-order valence-electron chi connectivity index (χ3n) is 2.95. The van der Waals surface area contributed by atoms with Crippen LogP contribution in [0.4, 0.5) is 5.69 Å². The zero-order valence-corrected chi connectivity index (χ0v) is 9.15. The number of benzene rings is 1. The number of hydrogen-bond donors (Lipinski definition) is 1. The minimum atomic E-state index is 0.594. The molecule has 0 bridgehead atoms. The van der Waals surface area contributed by atoms with Crippen LogP contribution in [0, 0.1) is 0 Å². The maximum atomic E-state index is 5.70. The molecule has 0 unspecified atom stereocenters. The number of nitrogens with one attached hydrogen (secondary N) is 1. The predicted molar refractivity (Wildman–Crippen MR) is 63.5 cm³/mol. The molecule has 0 amide bonds. The number of nitrogens with zero attached hydrogens (tertiary/aromatic N) is 2. The largest absolute Gasteiger partial charge is 0.483 e. The Kier molecular flexibility index (Phi) is 2.50. The van der Waals surface area contributed by atoms with Gasteiger partial charge in [0.2, 0.25) is 0 Å². The maximum Gasteiger partial charge on any atom is 0.146 e. The van der Waals surface area contributed by atoms with E-state index < -0.39 is 0 Å². The van der Waals surface area contributed by atoms with Gasteiger partial charge in [0.05, 0.1) is 0 Å². The molecule has 0 saturated carbocycles. The summed E-state index contributed by atoms with van der Waals surface area (Å²) in [6.07, 6.45) is 0. The molecule has 1 fully saturated rings. The molecule has 1 saturated heterocycles. The second kappa shape index (κ2) is 4.14. The molecular formula is C12H15N3O. The van der Waals surface area contributed by atoms with Crippen molar-refractivity contribution in [3.8, 4) is 5.75 Å². The second-order valence-electron chi connectivity index (χ2n) is 4.02. The number of fused-ring (bicyclic) bond motifs is 1. The zero-order valence-electron chi connectivity index (χ0n) is 9.15. The van der Waals surface area contributed by atoms with Gasteiger partial charge in [0, 0.05) is 26.2 Å². The average Bonchev–Trinajstić information content (AvgIpc) is 2.39. The van der Waals surface area contributed by atoms with Crippen molar-refractivity contribution in [2.24, 2.45) is 4.99 Å². The molecule has 0 radical (unpaired) electrons. The molecule has 4 nitrogen and oxygen atoms in total. The van der Waals surface area contributed by atoms with Crippen LogP contribution in [-0.4, -0.2) is 43.5 Å². The Bertz CT molecular complexity index is 410. The Morgan fingerprint density at radius 2 is 2.00 bits per heavy atom. The van der Waals surface area contributed by atoms with E-state index in [0.29, 0.717) is 6.61 Å². The standard InChI is InChI=1S/C12H15N3O/c1-2-4-11-10(3-1)14-12(9-16-11)15-7-5-13-6-8-15/h1-4,13H,5-9H2. The highest BCUT2D eigenvalue weighted by Gasteiger charge is 2.19. The first-order valence-electron chi connectivity index (χ1n) is 5.68. The van der Waals surface area contributed by atoms with Gasteiger partial charge in [0.1, 0.15) is 23.9 Å². The van der Waals surface area contributed by atoms with Gasteiger partial charge in [0.25, 0.3) is 0 Å². The highest BCUT2D eigenvalue weighted by molar-refractivity contribution is 5.88. The molecule has 84 valence electrons. The number of piperazine rings is 1. The molecule has 0 aliphatic carbocycles. The van der Waals surface area contributed by atoms with Crippen LogP contribution in [0.1, 0.15) is 0 Å². The van der Waals surface area contributed by atoms with Gasteiger partial charge in [0.15, 0.2) is 0 Å². The summed E-state index contributed by atoms with van der Waals surface area (Å²) in [4.78, 5) is 6.96. The number of para-hydroxylation sites is 2. The van der Waals surface area contributed by atoms with Crippen LogP contribution in [0.2, 0.25) is 0 Å². The van der Waals surface area contributed by atoms with Crippen LogP contribution in [0.25, 0.3) is 0 Å². The fraction of sp³-hybridized carbons (Fsp3) is 0.417. The quantitative estimate of drug-likeness (QED) is 0.704. The summed E-state index contributed by atoms with van der Waals surface area (Å²) < 4.78 is 5.70. The fourth-order valence-corrected chi connectivity index (χ4v) is 2.07. The molecule has 0 aromatic heterocycles. The SMILES string of the molecule is c1ccc2c(c1)N=C(N1CCNCC1)CO2. The van der Waals surface area contributed by atoms with Crippen molar-refractivity contribution in [1.82, 2.24) is 10.2 Å². The first-order valence-corrected chi connectivity index (χ1v) is 5.68. The molecule has 2 aliphatic rings. The lowest BCUT2D eigenvalue weighted by Gasteiger charge is -2.32. The van der Waals surface area contributed by atoms with E-state index >= 15 is 0 Å². The Morgan fingerprint density at radius 3 is 2.88 bits per heavy atom. The first kappa shape index (κ1) is 9.66. The summed E-state index contributed by atoms with van der Waals surface area (Å²) in [6, 6.07) is 7.93. The lowest BCUT2D eigenvalue weighted by Crippen LogP contribution is -2.48. The molecule has 2 heterocycles. The van der Waals surface area contributed by atoms with Gasteiger partial charge in [-0.05, 0) is 12.1 Å². The summed E-state index contributed by atoms with van der Waals surface area (Å²) >= 11 is 0. The van der Waals surface area contributed by atoms with Crippen molar-refractivity contribution >= 4 is 11.5 Å². The monoisotopic (exact) mass is 217 g/mol. The normalized spacial score (nSPS) is 19.8. The van der Waals surface area contributed by atoms with Gasteiger partial charge in [-0.15, -0.1) is 0 Å². The molecule has 1 N–H and O–H groups in total. The van der Waals surface area contributed by atoms with Gasteiger partial charge >= 0.3 is 0 Å². The maximum absolute atomic E-state index is 5.70. The van der Waals surface area contributed by atoms with Crippen LogP contribution in [0.5, 0.6) is 5.75 Å². The number of aliphatic imine (C=N–C) groups is 1. The molecule has 0 atom stereocenters. The topological polar surface area (TPSA) is 36.9 Å². The van der Waals surface area contributed by atoms with Crippen LogP contribution in [-0.2, 0) is 0 Å². The van der Waals surface area contributed by atoms with E-state index in [9.17, 15) is 0 Å². The van der Waals surface area contributed by atoms with Gasteiger partial charge < -0.3 is 15.0 Å². The van der Waals surface area contributed by atoms with Crippen LogP contribution in [0.3, 0.4) is 0 Å². The number of rotatable bonds is 0. The minimum absolute atomic E-state index is 0.594. The molecule has 0 spiro atoms. The molecule has 4 heteroatoms. The molecule has 3 rings (SSSR count). The van der Waals surface area contributed by atoms with E-state index in [4.69, 9.17) is 4.74 Å². The smallest absolute Gasteiger partial charge is 0.146 e. The fourth-order valence-electron chi connectivity index (χ4n) is 2.07. The molecule has 1 aromatic rings. The number of hydrogen-bond acceptors (Lipinski definition) is 4. The summed E-state index contributed by atoms with van der Waals surface area (Å²) in [5.41, 5.74) is 0.947. The van der Waals surface area contributed by atoms with Gasteiger partial charge in [-0.3, -0.25) is 0 Å². The van der Waals surface area contributed by atoms with Crippen LogP contribution in [0.15, 0.2) is 29.3 Å². The van der Waals surface area contributed by atoms with E-state index in [2.05, 4.69) is 15.2 Å². The van der Waals surface area contributed by atoms with Crippen molar-refractivity contribution in [1.29, 1.82) is 0 Å². The van der Waals surface area contributed by atoms with E-state index in [-0.39, 0.29) is 0 Å².